The number of nitrogens with zero attached hydrogens (tertiary/aromatic N) is 1. The van der Waals surface area contributed by atoms with Crippen LogP contribution in [0.15, 0.2) is 12.3 Å². The summed E-state index contributed by atoms with van der Waals surface area (Å²) in [7, 11) is 0. The molecule has 5 heteroatoms. The predicted molar refractivity (Wildman–Crippen MR) is 84.0 cm³/mol. The maximum Gasteiger partial charge on any atom is 0.255 e. The third kappa shape index (κ3) is 3.52. The molecular formula is C17H26N2O3. The first-order valence-corrected chi connectivity index (χ1v) is 8.46. The van der Waals surface area contributed by atoms with Crippen LogP contribution in [0.1, 0.15) is 48.7 Å². The lowest BCUT2D eigenvalue weighted by Gasteiger charge is -2.32. The van der Waals surface area contributed by atoms with E-state index in [0.717, 1.165) is 63.1 Å². The van der Waals surface area contributed by atoms with Crippen LogP contribution in [0.25, 0.3) is 0 Å². The summed E-state index contributed by atoms with van der Waals surface area (Å²) in [5.41, 5.74) is 1.85. The molecule has 1 aromatic heterocycles. The Labute approximate surface area is 132 Å². The van der Waals surface area contributed by atoms with Gasteiger partial charge in [0, 0.05) is 31.6 Å². The van der Waals surface area contributed by atoms with E-state index in [1.54, 1.807) is 0 Å². The van der Waals surface area contributed by atoms with Gasteiger partial charge in [-0.3, -0.25) is 4.79 Å². The summed E-state index contributed by atoms with van der Waals surface area (Å²) in [6, 6.07) is 1.89. The number of likely N-dealkylation sites (tertiary alicyclic amines) is 1. The number of nitrogens with one attached hydrogen (secondary N) is 1. The molecule has 0 radical (unpaired) electrons. The molecule has 0 saturated carbocycles. The fourth-order valence-corrected chi connectivity index (χ4v) is 3.31. The number of amides is 1. The highest BCUT2D eigenvalue weighted by Crippen LogP contribution is 2.20. The lowest BCUT2D eigenvalue weighted by molar-refractivity contribution is -0.0395. The van der Waals surface area contributed by atoms with Crippen molar-refractivity contribution in [1.29, 1.82) is 0 Å². The molecule has 1 N–H and O–H groups in total. The Hall–Kier alpha value is -1.33. The predicted octanol–water partition coefficient (Wildman–Crippen LogP) is 2.38. The number of aromatic nitrogens is 1. The van der Waals surface area contributed by atoms with Gasteiger partial charge in [0.25, 0.3) is 5.91 Å². The number of hydrogen-bond acceptors (Lipinski definition) is 3. The van der Waals surface area contributed by atoms with Gasteiger partial charge in [-0.25, -0.2) is 0 Å². The summed E-state index contributed by atoms with van der Waals surface area (Å²) in [5.74, 6) is 0.149. The van der Waals surface area contributed by atoms with E-state index in [2.05, 4.69) is 11.9 Å². The second-order valence-corrected chi connectivity index (χ2v) is 6.18. The van der Waals surface area contributed by atoms with E-state index in [0.29, 0.717) is 6.61 Å². The Morgan fingerprint density at radius 2 is 2.23 bits per heavy atom. The highest BCUT2D eigenvalue weighted by Gasteiger charge is 2.26. The minimum Gasteiger partial charge on any atom is -0.376 e. The van der Waals surface area contributed by atoms with Crippen molar-refractivity contribution in [2.75, 3.05) is 26.3 Å². The average Bonchev–Trinajstić information content (AvgIpc) is 3.23. The maximum absolute atomic E-state index is 12.6. The van der Waals surface area contributed by atoms with E-state index in [-0.39, 0.29) is 18.1 Å². The SMILES string of the molecule is CCc1[nH]ccc1C(=O)N1CCC(OCC2CCCO2)CC1. The third-order valence-corrected chi connectivity index (χ3v) is 4.69. The molecule has 1 atom stereocenters. The maximum atomic E-state index is 12.6. The quantitative estimate of drug-likeness (QED) is 0.908. The first-order valence-electron chi connectivity index (χ1n) is 8.46. The number of aryl methyl sites for hydroxylation is 1. The molecule has 0 bridgehead atoms. The van der Waals surface area contributed by atoms with E-state index in [9.17, 15) is 4.79 Å². The topological polar surface area (TPSA) is 54.6 Å². The van der Waals surface area contributed by atoms with Crippen molar-refractivity contribution < 1.29 is 14.3 Å². The highest BCUT2D eigenvalue weighted by atomic mass is 16.5. The summed E-state index contributed by atoms with van der Waals surface area (Å²) in [6.07, 6.45) is 7.37. The molecule has 1 aromatic rings. The molecular weight excluding hydrogens is 280 g/mol. The molecule has 3 heterocycles. The van der Waals surface area contributed by atoms with Crippen LogP contribution >= 0.6 is 0 Å². The van der Waals surface area contributed by atoms with Crippen LogP contribution in [0, 0.1) is 0 Å². The second kappa shape index (κ2) is 7.29. The summed E-state index contributed by atoms with van der Waals surface area (Å²) < 4.78 is 11.5. The Morgan fingerprint density at radius 1 is 1.41 bits per heavy atom. The van der Waals surface area contributed by atoms with Crippen molar-refractivity contribution >= 4 is 5.91 Å². The number of carbonyl (C=O) groups is 1. The highest BCUT2D eigenvalue weighted by molar-refractivity contribution is 5.95. The smallest absolute Gasteiger partial charge is 0.255 e. The third-order valence-electron chi connectivity index (χ3n) is 4.69. The van der Waals surface area contributed by atoms with Crippen LogP contribution in [-0.4, -0.2) is 54.3 Å². The largest absolute Gasteiger partial charge is 0.376 e. The van der Waals surface area contributed by atoms with Crippen molar-refractivity contribution in [3.8, 4) is 0 Å². The standard InChI is InChI=1S/C17H26N2O3/c1-2-16-15(5-8-18-16)17(20)19-9-6-13(7-10-19)22-12-14-4-3-11-21-14/h5,8,13-14,18H,2-4,6-7,9-12H2,1H3. The average molecular weight is 306 g/mol. The molecule has 0 aromatic carbocycles. The van der Waals surface area contributed by atoms with Crippen LogP contribution in [0.4, 0.5) is 0 Å². The lowest BCUT2D eigenvalue weighted by atomic mass is 10.1. The summed E-state index contributed by atoms with van der Waals surface area (Å²) in [4.78, 5) is 17.7. The summed E-state index contributed by atoms with van der Waals surface area (Å²) >= 11 is 0. The molecule has 3 rings (SSSR count). The van der Waals surface area contributed by atoms with Gasteiger partial charge in [0.15, 0.2) is 0 Å². The minimum atomic E-state index is 0.149. The molecule has 2 aliphatic heterocycles. The Bertz CT molecular complexity index is 486. The molecule has 5 nitrogen and oxygen atoms in total. The molecule has 22 heavy (non-hydrogen) atoms. The summed E-state index contributed by atoms with van der Waals surface area (Å²) in [5, 5.41) is 0. The molecule has 2 saturated heterocycles. The van der Waals surface area contributed by atoms with Gasteiger partial charge in [0.2, 0.25) is 0 Å². The molecule has 1 unspecified atom stereocenters. The number of aromatic amines is 1. The Balaban J connectivity index is 1.45. The van der Waals surface area contributed by atoms with Crippen LogP contribution < -0.4 is 0 Å². The molecule has 2 aliphatic rings. The number of ether oxygens (including phenoxy) is 2. The second-order valence-electron chi connectivity index (χ2n) is 6.18. The Kier molecular flexibility index (Phi) is 5.16. The minimum absolute atomic E-state index is 0.149. The lowest BCUT2D eigenvalue weighted by Crippen LogP contribution is -2.41. The Morgan fingerprint density at radius 3 is 2.91 bits per heavy atom. The van der Waals surface area contributed by atoms with Crippen LogP contribution in [0.2, 0.25) is 0 Å². The van der Waals surface area contributed by atoms with Crippen molar-refractivity contribution in [3.05, 3.63) is 23.5 Å². The van der Waals surface area contributed by atoms with Crippen molar-refractivity contribution in [2.24, 2.45) is 0 Å². The first-order chi connectivity index (χ1) is 10.8. The summed E-state index contributed by atoms with van der Waals surface area (Å²) in [6.45, 7) is 5.20. The van der Waals surface area contributed by atoms with Crippen LogP contribution in [0.3, 0.4) is 0 Å². The van der Waals surface area contributed by atoms with Crippen molar-refractivity contribution in [3.63, 3.8) is 0 Å². The van der Waals surface area contributed by atoms with E-state index in [1.165, 1.54) is 0 Å². The van der Waals surface area contributed by atoms with Gasteiger partial charge in [0.05, 0.1) is 24.4 Å². The van der Waals surface area contributed by atoms with Crippen molar-refractivity contribution in [1.82, 2.24) is 9.88 Å². The fourth-order valence-electron chi connectivity index (χ4n) is 3.31. The number of hydrogen-bond donors (Lipinski definition) is 1. The van der Waals surface area contributed by atoms with Gasteiger partial charge in [-0.15, -0.1) is 0 Å². The van der Waals surface area contributed by atoms with Gasteiger partial charge in [-0.05, 0) is 38.2 Å². The number of piperidine rings is 1. The zero-order valence-corrected chi connectivity index (χ0v) is 13.3. The fraction of sp³-hybridized carbons (Fsp3) is 0.706. The van der Waals surface area contributed by atoms with E-state index in [4.69, 9.17) is 9.47 Å². The van der Waals surface area contributed by atoms with Crippen molar-refractivity contribution in [2.45, 2.75) is 51.2 Å². The number of rotatable bonds is 5. The van der Waals surface area contributed by atoms with E-state index < -0.39 is 0 Å². The number of H-pyrrole nitrogens is 1. The normalized spacial score (nSPS) is 23.1. The number of carbonyl (C=O) groups excluding carboxylic acids is 1. The zero-order valence-electron chi connectivity index (χ0n) is 13.3. The van der Waals surface area contributed by atoms with Gasteiger partial charge in [0.1, 0.15) is 0 Å². The molecule has 0 aliphatic carbocycles. The molecule has 1 amide bonds. The van der Waals surface area contributed by atoms with Crippen LogP contribution in [0.5, 0.6) is 0 Å². The van der Waals surface area contributed by atoms with Gasteiger partial charge < -0.3 is 19.4 Å². The van der Waals surface area contributed by atoms with Crippen LogP contribution in [-0.2, 0) is 15.9 Å². The van der Waals surface area contributed by atoms with E-state index in [1.807, 2.05) is 17.2 Å². The monoisotopic (exact) mass is 306 g/mol. The molecule has 2 fully saturated rings. The molecule has 0 spiro atoms. The zero-order chi connectivity index (χ0) is 15.4. The van der Waals surface area contributed by atoms with Gasteiger partial charge >= 0.3 is 0 Å². The first kappa shape index (κ1) is 15.6. The molecule has 122 valence electrons. The van der Waals surface area contributed by atoms with E-state index >= 15 is 0 Å². The van der Waals surface area contributed by atoms with Gasteiger partial charge in [-0.2, -0.15) is 0 Å². The van der Waals surface area contributed by atoms with Gasteiger partial charge in [-0.1, -0.05) is 6.92 Å².